The fourth-order valence-electron chi connectivity index (χ4n) is 2.03. The summed E-state index contributed by atoms with van der Waals surface area (Å²) in [6, 6.07) is 13.2. The maximum atomic E-state index is 13.2. The molecular formula is C16H11ClFNO2. The van der Waals surface area contributed by atoms with Crippen LogP contribution in [0.5, 0.6) is 11.5 Å². The number of aromatic nitrogens is 1. The average molecular weight is 304 g/mol. The molecule has 0 amide bonds. The molecule has 3 aromatic rings. The van der Waals surface area contributed by atoms with Gasteiger partial charge in [-0.15, -0.1) is 0 Å². The molecule has 1 N–H and O–H groups in total. The van der Waals surface area contributed by atoms with E-state index in [9.17, 15) is 9.50 Å². The molecule has 2 aromatic carbocycles. The lowest BCUT2D eigenvalue weighted by atomic mass is 10.2. The number of ether oxygens (including phenoxy) is 1. The Morgan fingerprint density at radius 1 is 1.14 bits per heavy atom. The second-order valence-electron chi connectivity index (χ2n) is 4.46. The van der Waals surface area contributed by atoms with Crippen molar-refractivity contribution in [1.82, 2.24) is 4.98 Å². The largest absolute Gasteiger partial charge is 0.457 e. The molecule has 0 aliphatic carbocycles. The fourth-order valence-corrected chi connectivity index (χ4v) is 2.20. The minimum absolute atomic E-state index is 0.00626. The van der Waals surface area contributed by atoms with Gasteiger partial charge in [-0.2, -0.15) is 0 Å². The van der Waals surface area contributed by atoms with Crippen LogP contribution < -0.4 is 4.74 Å². The highest BCUT2D eigenvalue weighted by atomic mass is 35.5. The number of aliphatic hydroxyl groups excluding tert-OH is 1. The monoisotopic (exact) mass is 303 g/mol. The van der Waals surface area contributed by atoms with Gasteiger partial charge in [0, 0.05) is 17.5 Å². The van der Waals surface area contributed by atoms with Crippen LogP contribution in [0.25, 0.3) is 10.9 Å². The predicted octanol–water partition coefficient (Wildman–Crippen LogP) is 4.31. The van der Waals surface area contributed by atoms with Gasteiger partial charge in [0.2, 0.25) is 0 Å². The van der Waals surface area contributed by atoms with E-state index in [2.05, 4.69) is 4.98 Å². The first-order chi connectivity index (χ1) is 10.2. The van der Waals surface area contributed by atoms with Crippen molar-refractivity contribution < 1.29 is 14.2 Å². The molecule has 21 heavy (non-hydrogen) atoms. The molecule has 0 aliphatic rings. The van der Waals surface area contributed by atoms with Gasteiger partial charge in [0.1, 0.15) is 17.3 Å². The van der Waals surface area contributed by atoms with Gasteiger partial charge in [0.05, 0.1) is 22.8 Å². The van der Waals surface area contributed by atoms with E-state index in [1.807, 2.05) is 24.3 Å². The van der Waals surface area contributed by atoms with E-state index in [4.69, 9.17) is 16.3 Å². The van der Waals surface area contributed by atoms with Gasteiger partial charge < -0.3 is 9.84 Å². The van der Waals surface area contributed by atoms with E-state index in [1.165, 1.54) is 18.2 Å². The van der Waals surface area contributed by atoms with Crippen LogP contribution in [0.15, 0.2) is 48.5 Å². The van der Waals surface area contributed by atoms with Crippen molar-refractivity contribution >= 4 is 22.5 Å². The molecule has 3 nitrogen and oxygen atoms in total. The Morgan fingerprint density at radius 2 is 1.95 bits per heavy atom. The minimum atomic E-state index is -0.500. The average Bonchev–Trinajstić information content (AvgIpc) is 2.51. The molecule has 0 fully saturated rings. The van der Waals surface area contributed by atoms with E-state index in [0.717, 1.165) is 5.39 Å². The van der Waals surface area contributed by atoms with E-state index in [0.29, 0.717) is 22.7 Å². The fraction of sp³-hybridized carbons (Fsp3) is 0.0625. The van der Waals surface area contributed by atoms with Gasteiger partial charge in [-0.05, 0) is 24.3 Å². The molecule has 0 spiro atoms. The maximum Gasteiger partial charge on any atom is 0.142 e. The van der Waals surface area contributed by atoms with Gasteiger partial charge in [-0.3, -0.25) is 4.98 Å². The molecular weight excluding hydrogens is 293 g/mol. The second-order valence-corrected chi connectivity index (χ2v) is 4.87. The highest BCUT2D eigenvalue weighted by Crippen LogP contribution is 2.31. The summed E-state index contributed by atoms with van der Waals surface area (Å²) in [5.74, 6) is 0.452. The molecule has 0 saturated heterocycles. The first-order valence-electron chi connectivity index (χ1n) is 6.30. The third kappa shape index (κ3) is 2.82. The summed E-state index contributed by atoms with van der Waals surface area (Å²) in [6.45, 7) is -0.189. The highest BCUT2D eigenvalue weighted by Gasteiger charge is 2.09. The highest BCUT2D eigenvalue weighted by molar-refractivity contribution is 6.30. The number of para-hydroxylation sites is 1. The molecule has 1 heterocycles. The van der Waals surface area contributed by atoms with E-state index < -0.39 is 5.82 Å². The lowest BCUT2D eigenvalue weighted by Crippen LogP contribution is -1.94. The Hall–Kier alpha value is -2.17. The molecule has 106 valence electrons. The Kier molecular flexibility index (Phi) is 3.73. The summed E-state index contributed by atoms with van der Waals surface area (Å²) in [4.78, 5) is 4.31. The van der Waals surface area contributed by atoms with Crippen molar-refractivity contribution in [3.8, 4) is 11.5 Å². The summed E-state index contributed by atoms with van der Waals surface area (Å²) in [5.41, 5.74) is 1.21. The summed E-state index contributed by atoms with van der Waals surface area (Å²) >= 11 is 5.75. The Balaban J connectivity index is 2.08. The number of hydrogen-bond donors (Lipinski definition) is 1. The van der Waals surface area contributed by atoms with Crippen LogP contribution in [0.4, 0.5) is 4.39 Å². The molecule has 1 aromatic heterocycles. The van der Waals surface area contributed by atoms with E-state index in [-0.39, 0.29) is 11.6 Å². The van der Waals surface area contributed by atoms with Gasteiger partial charge >= 0.3 is 0 Å². The Bertz CT molecular complexity index is 807. The molecule has 0 aliphatic heterocycles. The number of hydrogen-bond acceptors (Lipinski definition) is 3. The van der Waals surface area contributed by atoms with Crippen LogP contribution in [0.2, 0.25) is 5.02 Å². The second kappa shape index (κ2) is 5.68. The quantitative estimate of drug-likeness (QED) is 0.784. The van der Waals surface area contributed by atoms with E-state index >= 15 is 0 Å². The molecule has 0 atom stereocenters. The van der Waals surface area contributed by atoms with Gasteiger partial charge in [-0.25, -0.2) is 4.39 Å². The maximum absolute atomic E-state index is 13.2. The van der Waals surface area contributed by atoms with Crippen LogP contribution in [0.1, 0.15) is 5.69 Å². The number of nitrogens with zero attached hydrogens (tertiary/aromatic N) is 1. The number of aliphatic hydroxyl groups is 1. The van der Waals surface area contributed by atoms with E-state index in [1.54, 1.807) is 6.07 Å². The molecule has 3 rings (SSSR count). The summed E-state index contributed by atoms with van der Waals surface area (Å²) < 4.78 is 18.9. The summed E-state index contributed by atoms with van der Waals surface area (Å²) in [6.07, 6.45) is 0. The van der Waals surface area contributed by atoms with Crippen LogP contribution in [-0.2, 0) is 6.61 Å². The zero-order valence-corrected chi connectivity index (χ0v) is 11.6. The third-order valence-electron chi connectivity index (χ3n) is 3.01. The smallest absolute Gasteiger partial charge is 0.142 e. The van der Waals surface area contributed by atoms with Gasteiger partial charge in [0.15, 0.2) is 0 Å². The topological polar surface area (TPSA) is 42.4 Å². The van der Waals surface area contributed by atoms with Crippen molar-refractivity contribution in [2.75, 3.05) is 0 Å². The van der Waals surface area contributed by atoms with Gasteiger partial charge in [-0.1, -0.05) is 23.7 Å². The molecule has 0 bridgehead atoms. The molecule has 5 heteroatoms. The van der Waals surface area contributed by atoms with Crippen LogP contribution in [-0.4, -0.2) is 10.1 Å². The third-order valence-corrected chi connectivity index (χ3v) is 3.30. The molecule has 0 unspecified atom stereocenters. The zero-order valence-electron chi connectivity index (χ0n) is 10.9. The van der Waals surface area contributed by atoms with Crippen molar-refractivity contribution in [1.29, 1.82) is 0 Å². The van der Waals surface area contributed by atoms with Crippen molar-refractivity contribution in [3.05, 3.63) is 65.1 Å². The SMILES string of the molecule is OCc1cc(Oc2ccc(F)c(Cl)c2)c2ccccc2n1. The first-order valence-corrected chi connectivity index (χ1v) is 6.67. The lowest BCUT2D eigenvalue weighted by Gasteiger charge is -2.10. The Morgan fingerprint density at radius 3 is 2.71 bits per heavy atom. The molecule has 0 saturated carbocycles. The minimum Gasteiger partial charge on any atom is -0.457 e. The van der Waals surface area contributed by atoms with Gasteiger partial charge in [0.25, 0.3) is 0 Å². The summed E-state index contributed by atoms with van der Waals surface area (Å²) in [5, 5.41) is 10.1. The van der Waals surface area contributed by atoms with Crippen molar-refractivity contribution in [3.63, 3.8) is 0 Å². The first kappa shape index (κ1) is 13.8. The zero-order chi connectivity index (χ0) is 14.8. The van der Waals surface area contributed by atoms with Crippen molar-refractivity contribution in [2.45, 2.75) is 6.61 Å². The van der Waals surface area contributed by atoms with Crippen LogP contribution in [0.3, 0.4) is 0 Å². The standard InChI is InChI=1S/C16H11ClFNO2/c17-13-8-11(5-6-14(13)18)21-16-7-10(9-20)19-15-4-2-1-3-12(15)16/h1-8,20H,9H2. The van der Waals surface area contributed by atoms with Crippen LogP contribution in [0, 0.1) is 5.82 Å². The number of halogens is 2. The summed E-state index contributed by atoms with van der Waals surface area (Å²) in [7, 11) is 0. The Labute approximate surface area is 125 Å². The number of rotatable bonds is 3. The normalized spacial score (nSPS) is 10.8. The number of benzene rings is 2. The number of fused-ring (bicyclic) bond motifs is 1. The van der Waals surface area contributed by atoms with Crippen molar-refractivity contribution in [2.24, 2.45) is 0 Å². The lowest BCUT2D eigenvalue weighted by molar-refractivity contribution is 0.277. The predicted molar refractivity (Wildman–Crippen MR) is 79.1 cm³/mol. The molecule has 0 radical (unpaired) electrons. The number of pyridine rings is 1. The van der Waals surface area contributed by atoms with Crippen LogP contribution >= 0.6 is 11.6 Å².